The SMILES string of the molecule is CC(CNC(=O)CC1CC2CCC(C1)N2)Oc1ccccc1Cl.Cl. The third-order valence-corrected chi connectivity index (χ3v) is 5.11. The maximum Gasteiger partial charge on any atom is 0.220 e. The Morgan fingerprint density at radius 2 is 2.00 bits per heavy atom. The van der Waals surface area contributed by atoms with Gasteiger partial charge in [0.1, 0.15) is 11.9 Å². The van der Waals surface area contributed by atoms with Gasteiger partial charge in [-0.25, -0.2) is 0 Å². The molecule has 0 spiro atoms. The minimum atomic E-state index is -0.108. The lowest BCUT2D eigenvalue weighted by atomic mass is 9.89. The number of halogens is 2. The molecule has 1 aromatic carbocycles. The summed E-state index contributed by atoms with van der Waals surface area (Å²) in [7, 11) is 0. The van der Waals surface area contributed by atoms with Crippen LogP contribution in [0.5, 0.6) is 5.75 Å². The monoisotopic (exact) mass is 372 g/mol. The largest absolute Gasteiger partial charge is 0.487 e. The van der Waals surface area contributed by atoms with Crippen LogP contribution in [0.25, 0.3) is 0 Å². The number of amides is 1. The average Bonchev–Trinajstić information content (AvgIpc) is 2.86. The smallest absolute Gasteiger partial charge is 0.220 e. The highest BCUT2D eigenvalue weighted by Crippen LogP contribution is 2.32. The van der Waals surface area contributed by atoms with Crippen molar-refractivity contribution >= 4 is 29.9 Å². The summed E-state index contributed by atoms with van der Waals surface area (Å²) in [5.74, 6) is 1.31. The molecule has 2 aliphatic heterocycles. The molecule has 0 aromatic heterocycles. The molecule has 2 fully saturated rings. The Hall–Kier alpha value is -0.970. The maximum atomic E-state index is 12.2. The van der Waals surface area contributed by atoms with Crippen LogP contribution in [0.2, 0.25) is 5.02 Å². The number of carbonyl (C=O) groups excluding carboxylic acids is 1. The molecule has 3 atom stereocenters. The summed E-state index contributed by atoms with van der Waals surface area (Å²) in [5.41, 5.74) is 0. The summed E-state index contributed by atoms with van der Waals surface area (Å²) in [4.78, 5) is 12.2. The van der Waals surface area contributed by atoms with E-state index in [0.717, 1.165) is 12.8 Å². The molecule has 0 radical (unpaired) electrons. The van der Waals surface area contributed by atoms with Crippen LogP contribution >= 0.6 is 24.0 Å². The molecule has 0 saturated carbocycles. The van der Waals surface area contributed by atoms with Gasteiger partial charge >= 0.3 is 0 Å². The summed E-state index contributed by atoms with van der Waals surface area (Å²) in [6.07, 6.45) is 5.33. The molecule has 2 N–H and O–H groups in total. The maximum absolute atomic E-state index is 12.2. The predicted molar refractivity (Wildman–Crippen MR) is 99.1 cm³/mol. The summed E-state index contributed by atoms with van der Waals surface area (Å²) < 4.78 is 5.77. The molecular formula is C18H26Cl2N2O2. The van der Waals surface area contributed by atoms with E-state index in [0.29, 0.717) is 41.7 Å². The highest BCUT2D eigenvalue weighted by Gasteiger charge is 2.34. The molecular weight excluding hydrogens is 347 g/mol. The van der Waals surface area contributed by atoms with Crippen LogP contribution in [0.4, 0.5) is 0 Å². The lowest BCUT2D eigenvalue weighted by Crippen LogP contribution is -2.40. The number of para-hydroxylation sites is 1. The standard InChI is InChI=1S/C18H25ClN2O2.ClH/c1-12(23-17-5-3-2-4-16(17)19)11-20-18(22)10-13-8-14-6-7-15(9-13)21-14;/h2-5,12-15,21H,6-11H2,1H3,(H,20,22);1H. The fourth-order valence-electron chi connectivity index (χ4n) is 3.73. The van der Waals surface area contributed by atoms with Crippen LogP contribution in [-0.4, -0.2) is 30.6 Å². The zero-order chi connectivity index (χ0) is 16.2. The number of benzene rings is 1. The number of piperidine rings is 1. The molecule has 4 nitrogen and oxygen atoms in total. The van der Waals surface area contributed by atoms with Crippen molar-refractivity contribution in [3.8, 4) is 5.75 Å². The normalized spacial score (nSPS) is 26.3. The van der Waals surface area contributed by atoms with Gasteiger partial charge in [-0.3, -0.25) is 4.79 Å². The van der Waals surface area contributed by atoms with Gasteiger partial charge in [0.2, 0.25) is 5.91 Å². The van der Waals surface area contributed by atoms with E-state index in [1.165, 1.54) is 12.8 Å². The Bertz CT molecular complexity index is 544. The van der Waals surface area contributed by atoms with E-state index in [4.69, 9.17) is 16.3 Å². The molecule has 2 heterocycles. The third-order valence-electron chi connectivity index (χ3n) is 4.80. The van der Waals surface area contributed by atoms with Crippen molar-refractivity contribution in [2.24, 2.45) is 5.92 Å². The van der Waals surface area contributed by atoms with E-state index in [2.05, 4.69) is 10.6 Å². The molecule has 6 heteroatoms. The average molecular weight is 373 g/mol. The molecule has 2 aliphatic rings. The van der Waals surface area contributed by atoms with Crippen LogP contribution in [0.15, 0.2) is 24.3 Å². The van der Waals surface area contributed by atoms with Gasteiger partial charge in [-0.2, -0.15) is 0 Å². The van der Waals surface area contributed by atoms with Gasteiger partial charge in [0.25, 0.3) is 0 Å². The van der Waals surface area contributed by atoms with Crippen LogP contribution < -0.4 is 15.4 Å². The third kappa shape index (κ3) is 5.27. The van der Waals surface area contributed by atoms with Crippen molar-refractivity contribution in [2.75, 3.05) is 6.54 Å². The number of hydrogen-bond donors (Lipinski definition) is 2. The van der Waals surface area contributed by atoms with Gasteiger partial charge in [0.05, 0.1) is 11.6 Å². The fraction of sp³-hybridized carbons (Fsp3) is 0.611. The molecule has 134 valence electrons. The number of nitrogens with one attached hydrogen (secondary N) is 2. The van der Waals surface area contributed by atoms with Gasteiger partial charge in [0.15, 0.2) is 0 Å². The number of hydrogen-bond acceptors (Lipinski definition) is 3. The summed E-state index contributed by atoms with van der Waals surface area (Å²) in [6.45, 7) is 2.44. The molecule has 1 amide bonds. The first-order chi connectivity index (χ1) is 11.1. The lowest BCUT2D eigenvalue weighted by molar-refractivity contribution is -0.122. The van der Waals surface area contributed by atoms with Crippen molar-refractivity contribution in [3.05, 3.63) is 29.3 Å². The number of fused-ring (bicyclic) bond motifs is 2. The zero-order valence-electron chi connectivity index (χ0n) is 14.0. The van der Waals surface area contributed by atoms with Crippen LogP contribution in [0.3, 0.4) is 0 Å². The fourth-order valence-corrected chi connectivity index (χ4v) is 3.91. The first-order valence-corrected chi connectivity index (χ1v) is 8.92. The van der Waals surface area contributed by atoms with E-state index in [-0.39, 0.29) is 24.4 Å². The minimum absolute atomic E-state index is 0. The zero-order valence-corrected chi connectivity index (χ0v) is 15.5. The highest BCUT2D eigenvalue weighted by molar-refractivity contribution is 6.32. The second kappa shape index (κ2) is 8.93. The molecule has 1 aromatic rings. The van der Waals surface area contributed by atoms with E-state index in [9.17, 15) is 4.79 Å². The Morgan fingerprint density at radius 1 is 1.33 bits per heavy atom. The summed E-state index contributed by atoms with van der Waals surface area (Å²) in [5, 5.41) is 7.20. The lowest BCUT2D eigenvalue weighted by Gasteiger charge is -2.28. The van der Waals surface area contributed by atoms with Gasteiger partial charge in [-0.1, -0.05) is 23.7 Å². The van der Waals surface area contributed by atoms with Gasteiger partial charge in [0, 0.05) is 18.5 Å². The summed E-state index contributed by atoms with van der Waals surface area (Å²) >= 11 is 6.07. The molecule has 2 bridgehead atoms. The quantitative estimate of drug-likeness (QED) is 0.802. The Kier molecular flexibility index (Phi) is 7.20. The molecule has 3 unspecified atom stereocenters. The first kappa shape index (κ1) is 19.4. The van der Waals surface area contributed by atoms with Gasteiger partial charge < -0.3 is 15.4 Å². The van der Waals surface area contributed by atoms with E-state index in [1.54, 1.807) is 6.07 Å². The summed E-state index contributed by atoms with van der Waals surface area (Å²) in [6, 6.07) is 8.66. The van der Waals surface area contributed by atoms with Crippen LogP contribution in [0.1, 0.15) is 39.0 Å². The van der Waals surface area contributed by atoms with Crippen molar-refractivity contribution in [2.45, 2.75) is 57.2 Å². The Labute approximate surface area is 155 Å². The van der Waals surface area contributed by atoms with Gasteiger partial charge in [-0.15, -0.1) is 12.4 Å². The van der Waals surface area contributed by atoms with E-state index in [1.807, 2.05) is 25.1 Å². The number of rotatable bonds is 6. The minimum Gasteiger partial charge on any atom is -0.487 e. The molecule has 2 saturated heterocycles. The number of carbonyl (C=O) groups is 1. The molecule has 24 heavy (non-hydrogen) atoms. The van der Waals surface area contributed by atoms with Crippen LogP contribution in [0, 0.1) is 5.92 Å². The van der Waals surface area contributed by atoms with Crippen molar-refractivity contribution < 1.29 is 9.53 Å². The van der Waals surface area contributed by atoms with Crippen LogP contribution in [-0.2, 0) is 4.79 Å². The van der Waals surface area contributed by atoms with Crippen molar-refractivity contribution in [1.29, 1.82) is 0 Å². The van der Waals surface area contributed by atoms with E-state index < -0.39 is 0 Å². The number of ether oxygens (including phenoxy) is 1. The highest BCUT2D eigenvalue weighted by atomic mass is 35.5. The van der Waals surface area contributed by atoms with Crippen molar-refractivity contribution in [3.63, 3.8) is 0 Å². The van der Waals surface area contributed by atoms with Crippen molar-refractivity contribution in [1.82, 2.24) is 10.6 Å². The van der Waals surface area contributed by atoms with Gasteiger partial charge in [-0.05, 0) is 50.7 Å². The molecule has 0 aliphatic carbocycles. The molecule has 3 rings (SSSR count). The topological polar surface area (TPSA) is 50.4 Å². The first-order valence-electron chi connectivity index (χ1n) is 8.54. The van der Waals surface area contributed by atoms with E-state index >= 15 is 0 Å². The predicted octanol–water partition coefficient (Wildman–Crippen LogP) is 3.57. The Balaban J connectivity index is 0.00000208. The second-order valence-corrected chi connectivity index (χ2v) is 7.25. The Morgan fingerprint density at radius 3 is 2.67 bits per heavy atom. The second-order valence-electron chi connectivity index (χ2n) is 6.84.